The van der Waals surface area contributed by atoms with Crippen LogP contribution in [0.25, 0.3) is 0 Å². The number of rotatable bonds is 15. The molecule has 4 aromatic heterocycles. The van der Waals surface area contributed by atoms with Gasteiger partial charge in [-0.2, -0.15) is 0 Å². The maximum atomic E-state index is 13.1. The first-order valence-electron chi connectivity index (χ1n) is 15.7. The number of hydrogen-bond acceptors (Lipinski definition) is 11. The Bertz CT molecular complexity index is 1950. The Hall–Kier alpha value is -6.38. The molecule has 0 fully saturated rings. The third-order valence-corrected chi connectivity index (χ3v) is 6.98. The molecule has 0 saturated carbocycles. The Morgan fingerprint density at radius 3 is 1.29 bits per heavy atom. The summed E-state index contributed by atoms with van der Waals surface area (Å²) in [7, 11) is 9.78. The molecule has 0 aliphatic carbocycles. The van der Waals surface area contributed by atoms with Gasteiger partial charge in [-0.3, -0.25) is 28.8 Å². The van der Waals surface area contributed by atoms with Gasteiger partial charge < -0.3 is 55.1 Å². The quantitative estimate of drug-likeness (QED) is 0.0921. The van der Waals surface area contributed by atoms with Crippen LogP contribution in [0, 0.1) is 0 Å². The number of nitrogens with zero attached hydrogens (tertiary/aromatic N) is 9. The zero-order chi connectivity index (χ0) is 37.4. The summed E-state index contributed by atoms with van der Waals surface area (Å²) in [6, 6.07) is 0. The second-order valence-corrected chi connectivity index (χ2v) is 11.7. The van der Waals surface area contributed by atoms with Crippen LogP contribution in [0.15, 0.2) is 24.8 Å². The highest BCUT2D eigenvalue weighted by molar-refractivity contribution is 6.05. The molecule has 21 nitrogen and oxygen atoms in total. The van der Waals surface area contributed by atoms with E-state index in [0.717, 1.165) is 6.42 Å². The van der Waals surface area contributed by atoms with Crippen molar-refractivity contribution >= 4 is 58.7 Å². The molecule has 0 aliphatic rings. The normalized spacial score (nSPS) is 10.9. The van der Waals surface area contributed by atoms with Gasteiger partial charge in [-0.15, -0.1) is 0 Å². The molecule has 0 radical (unpaired) electrons. The zero-order valence-electron chi connectivity index (χ0n) is 29.3. The van der Waals surface area contributed by atoms with E-state index in [1.165, 1.54) is 43.1 Å². The van der Waals surface area contributed by atoms with Gasteiger partial charge in [-0.05, 0) is 20.5 Å². The minimum Gasteiger partial charge on any atom is -0.356 e. The molecule has 4 rings (SSSR count). The Morgan fingerprint density at radius 1 is 0.549 bits per heavy atom. The summed E-state index contributed by atoms with van der Waals surface area (Å²) in [6.45, 7) is 2.75. The van der Waals surface area contributed by atoms with E-state index >= 15 is 0 Å². The molecular formula is C30H41N15O6. The van der Waals surface area contributed by atoms with Crippen LogP contribution in [0.5, 0.6) is 0 Å². The predicted octanol–water partition coefficient (Wildman–Crippen LogP) is -0.476. The third kappa shape index (κ3) is 9.84. The van der Waals surface area contributed by atoms with E-state index in [1.54, 1.807) is 47.2 Å². The lowest BCUT2D eigenvalue weighted by Gasteiger charge is -2.07. The first kappa shape index (κ1) is 37.4. The molecule has 272 valence electrons. The van der Waals surface area contributed by atoms with Crippen molar-refractivity contribution < 1.29 is 28.8 Å². The molecule has 0 saturated heterocycles. The van der Waals surface area contributed by atoms with Crippen molar-refractivity contribution in [1.82, 2.24) is 53.7 Å². The van der Waals surface area contributed by atoms with Gasteiger partial charge in [0.2, 0.25) is 35.1 Å². The first-order chi connectivity index (χ1) is 24.1. The summed E-state index contributed by atoms with van der Waals surface area (Å²) in [5, 5.41) is 15.7. The lowest BCUT2D eigenvalue weighted by Crippen LogP contribution is -2.32. The van der Waals surface area contributed by atoms with Crippen LogP contribution < -0.4 is 31.9 Å². The van der Waals surface area contributed by atoms with Crippen LogP contribution in [0.1, 0.15) is 62.2 Å². The SMILES string of the molecule is CCCNC(=O)CCNC(=O)c1nc(NC(=O)c2nc(NC(=O)c3nc(NC(=O)c4nc(NC(=O)CN(C)C)cn4C)cn3C)cn2C)cn1C. The number of amides is 6. The second kappa shape index (κ2) is 16.3. The Kier molecular flexibility index (Phi) is 12.0. The molecule has 21 heteroatoms. The van der Waals surface area contributed by atoms with E-state index in [-0.39, 0.29) is 77.9 Å². The summed E-state index contributed by atoms with van der Waals surface area (Å²) in [4.78, 5) is 93.9. The molecule has 6 N–H and O–H groups in total. The summed E-state index contributed by atoms with van der Waals surface area (Å²) in [5.74, 6) is -2.67. The highest BCUT2D eigenvalue weighted by Gasteiger charge is 2.22. The molecular weight excluding hydrogens is 666 g/mol. The maximum absolute atomic E-state index is 13.1. The predicted molar refractivity (Wildman–Crippen MR) is 184 cm³/mol. The fourth-order valence-electron chi connectivity index (χ4n) is 4.66. The van der Waals surface area contributed by atoms with Crippen LogP contribution in [0.4, 0.5) is 23.3 Å². The van der Waals surface area contributed by atoms with Crippen LogP contribution in [-0.4, -0.2) is 112 Å². The molecule has 4 aromatic rings. The number of aryl methyl sites for hydroxylation is 4. The van der Waals surface area contributed by atoms with Crippen LogP contribution in [0.3, 0.4) is 0 Å². The number of carbonyl (C=O) groups is 6. The summed E-state index contributed by atoms with van der Waals surface area (Å²) < 4.78 is 5.65. The van der Waals surface area contributed by atoms with Gasteiger partial charge in [-0.25, -0.2) is 19.9 Å². The number of likely N-dealkylation sites (N-methyl/N-ethyl adjacent to an activating group) is 1. The first-order valence-corrected chi connectivity index (χ1v) is 15.7. The number of aromatic nitrogens is 8. The molecule has 0 aromatic carbocycles. The lowest BCUT2D eigenvalue weighted by atomic mass is 10.3. The van der Waals surface area contributed by atoms with Crippen molar-refractivity contribution in [1.29, 1.82) is 0 Å². The number of anilines is 4. The standard InChI is InChI=1S/C30H41N15O6/c1-8-10-31-21(46)9-11-32-27(48)23-35-18(13-42(23)4)38-29(50)25-37-20(15-44(25)6)40-30(51)26-36-19(14-45(26)7)39-28(49)24-34-17(12-43(24)5)33-22(47)16-41(2)3/h12-15H,8-11,16H2,1-7H3,(H,31,46)(H,32,48)(H,33,47)(H,38,50)(H,39,49)(H,40,51). The smallest absolute Gasteiger partial charge is 0.292 e. The van der Waals surface area contributed by atoms with Gasteiger partial charge in [-0.1, -0.05) is 6.92 Å². The van der Waals surface area contributed by atoms with Gasteiger partial charge in [0.05, 0.1) is 6.54 Å². The molecule has 0 bridgehead atoms. The molecule has 0 unspecified atom stereocenters. The van der Waals surface area contributed by atoms with E-state index in [4.69, 9.17) is 0 Å². The molecule has 4 heterocycles. The lowest BCUT2D eigenvalue weighted by molar-refractivity contribution is -0.121. The van der Waals surface area contributed by atoms with Gasteiger partial charge in [0.1, 0.15) is 0 Å². The van der Waals surface area contributed by atoms with Crippen molar-refractivity contribution in [3.8, 4) is 0 Å². The number of imidazole rings is 4. The molecule has 0 aliphatic heterocycles. The average molecular weight is 708 g/mol. The van der Waals surface area contributed by atoms with E-state index in [9.17, 15) is 28.8 Å². The zero-order valence-corrected chi connectivity index (χ0v) is 29.3. The third-order valence-electron chi connectivity index (χ3n) is 6.98. The monoisotopic (exact) mass is 707 g/mol. The van der Waals surface area contributed by atoms with Crippen LogP contribution in [0.2, 0.25) is 0 Å². The van der Waals surface area contributed by atoms with Crippen molar-refractivity contribution in [2.45, 2.75) is 19.8 Å². The van der Waals surface area contributed by atoms with Gasteiger partial charge in [0.25, 0.3) is 23.6 Å². The summed E-state index contributed by atoms with van der Waals surface area (Å²) in [6.07, 6.45) is 6.71. The Morgan fingerprint density at radius 2 is 0.922 bits per heavy atom. The average Bonchev–Trinajstić information content (AvgIpc) is 3.80. The largest absolute Gasteiger partial charge is 0.356 e. The molecule has 0 atom stereocenters. The Balaban J connectivity index is 1.34. The van der Waals surface area contributed by atoms with Gasteiger partial charge in [0, 0.05) is 72.5 Å². The van der Waals surface area contributed by atoms with Gasteiger partial charge in [0.15, 0.2) is 23.3 Å². The van der Waals surface area contributed by atoms with E-state index < -0.39 is 23.6 Å². The van der Waals surface area contributed by atoms with Gasteiger partial charge >= 0.3 is 0 Å². The number of carbonyl (C=O) groups excluding carboxylic acids is 6. The van der Waals surface area contributed by atoms with Crippen molar-refractivity contribution in [3.63, 3.8) is 0 Å². The van der Waals surface area contributed by atoms with Crippen LogP contribution in [-0.2, 0) is 37.8 Å². The van der Waals surface area contributed by atoms with Crippen molar-refractivity contribution in [3.05, 3.63) is 48.1 Å². The molecule has 0 spiro atoms. The minimum absolute atomic E-state index is 0.0000762. The fourth-order valence-corrected chi connectivity index (χ4v) is 4.66. The second-order valence-electron chi connectivity index (χ2n) is 11.7. The topological polar surface area (TPSA) is 249 Å². The summed E-state index contributed by atoms with van der Waals surface area (Å²) in [5.41, 5.74) is 0. The highest BCUT2D eigenvalue weighted by Crippen LogP contribution is 2.15. The minimum atomic E-state index is -0.672. The van der Waals surface area contributed by atoms with Crippen LogP contribution >= 0.6 is 0 Å². The van der Waals surface area contributed by atoms with E-state index in [0.29, 0.717) is 6.54 Å². The Labute approximate surface area is 292 Å². The highest BCUT2D eigenvalue weighted by atomic mass is 16.2. The van der Waals surface area contributed by atoms with Crippen molar-refractivity contribution in [2.75, 3.05) is 55.0 Å². The van der Waals surface area contributed by atoms with E-state index in [2.05, 4.69) is 51.8 Å². The molecule has 6 amide bonds. The number of hydrogen-bond donors (Lipinski definition) is 6. The fraction of sp³-hybridized carbons (Fsp3) is 0.400. The van der Waals surface area contributed by atoms with Crippen molar-refractivity contribution in [2.24, 2.45) is 28.2 Å². The molecule has 51 heavy (non-hydrogen) atoms. The maximum Gasteiger partial charge on any atom is 0.292 e. The van der Waals surface area contributed by atoms with E-state index in [1.807, 2.05) is 6.92 Å². The summed E-state index contributed by atoms with van der Waals surface area (Å²) >= 11 is 0. The number of nitrogens with one attached hydrogen (secondary N) is 6.